The van der Waals surface area contributed by atoms with Gasteiger partial charge in [0.05, 0.1) is 5.56 Å². The lowest BCUT2D eigenvalue weighted by atomic mass is 10.1. The highest BCUT2D eigenvalue weighted by Crippen LogP contribution is 2.16. The third-order valence-corrected chi connectivity index (χ3v) is 3.41. The van der Waals surface area contributed by atoms with E-state index in [-0.39, 0.29) is 11.7 Å². The van der Waals surface area contributed by atoms with Crippen LogP contribution in [0.4, 0.5) is 11.5 Å². The van der Waals surface area contributed by atoms with Gasteiger partial charge in [-0.15, -0.1) is 0 Å². The van der Waals surface area contributed by atoms with E-state index in [1.165, 1.54) is 6.92 Å². The van der Waals surface area contributed by atoms with Crippen molar-refractivity contribution < 1.29 is 9.59 Å². The van der Waals surface area contributed by atoms with Gasteiger partial charge in [-0.25, -0.2) is 4.98 Å². The maximum Gasteiger partial charge on any atom is 0.252 e. The molecule has 5 heteroatoms. The summed E-state index contributed by atoms with van der Waals surface area (Å²) in [5, 5.41) is 5.99. The van der Waals surface area contributed by atoms with Crippen LogP contribution in [0.3, 0.4) is 0 Å². The Kier molecular flexibility index (Phi) is 5.86. The van der Waals surface area contributed by atoms with Crippen LogP contribution in [-0.2, 0) is 0 Å². The van der Waals surface area contributed by atoms with Crippen LogP contribution in [0, 0.1) is 0 Å². The molecule has 5 nitrogen and oxygen atoms in total. The smallest absolute Gasteiger partial charge is 0.252 e. The number of hydrogen-bond donors (Lipinski definition) is 2. The van der Waals surface area contributed by atoms with Crippen molar-refractivity contribution in [1.82, 2.24) is 10.3 Å². The fourth-order valence-electron chi connectivity index (χ4n) is 2.02. The van der Waals surface area contributed by atoms with E-state index in [1.54, 1.807) is 30.5 Å². The Labute approximate surface area is 136 Å². The van der Waals surface area contributed by atoms with Gasteiger partial charge in [0.15, 0.2) is 5.78 Å². The van der Waals surface area contributed by atoms with Crippen LogP contribution < -0.4 is 10.6 Å². The van der Waals surface area contributed by atoms with E-state index in [9.17, 15) is 9.59 Å². The van der Waals surface area contributed by atoms with Crippen molar-refractivity contribution in [3.63, 3.8) is 0 Å². The largest absolute Gasteiger partial charge is 0.352 e. The highest BCUT2D eigenvalue weighted by atomic mass is 16.1. The van der Waals surface area contributed by atoms with Gasteiger partial charge in [-0.05, 0) is 49.7 Å². The Morgan fingerprint density at radius 2 is 1.74 bits per heavy atom. The number of nitrogens with zero attached hydrogens (tertiary/aromatic N) is 1. The molecule has 23 heavy (non-hydrogen) atoms. The number of carbonyl (C=O) groups excluding carboxylic acids is 2. The first-order valence-electron chi connectivity index (χ1n) is 7.72. The zero-order valence-corrected chi connectivity index (χ0v) is 13.4. The van der Waals surface area contributed by atoms with Gasteiger partial charge >= 0.3 is 0 Å². The number of pyridine rings is 1. The van der Waals surface area contributed by atoms with Crippen molar-refractivity contribution in [3.05, 3.63) is 53.7 Å². The summed E-state index contributed by atoms with van der Waals surface area (Å²) in [5.74, 6) is 0.571. The number of amides is 1. The predicted molar refractivity (Wildman–Crippen MR) is 91.2 cm³/mol. The second kappa shape index (κ2) is 8.08. The summed E-state index contributed by atoms with van der Waals surface area (Å²) in [6, 6.07) is 10.7. The van der Waals surface area contributed by atoms with Crippen LogP contribution in [-0.4, -0.2) is 23.2 Å². The molecule has 0 fully saturated rings. The number of ketones is 1. The van der Waals surface area contributed by atoms with Crippen LogP contribution in [0.2, 0.25) is 0 Å². The van der Waals surface area contributed by atoms with Crippen molar-refractivity contribution in [2.75, 3.05) is 11.9 Å². The molecule has 0 unspecified atom stereocenters. The first-order valence-corrected chi connectivity index (χ1v) is 7.72. The summed E-state index contributed by atoms with van der Waals surface area (Å²) >= 11 is 0. The summed E-state index contributed by atoms with van der Waals surface area (Å²) in [5.41, 5.74) is 2.05. The second-order valence-electron chi connectivity index (χ2n) is 5.30. The van der Waals surface area contributed by atoms with E-state index < -0.39 is 0 Å². The minimum Gasteiger partial charge on any atom is -0.352 e. The van der Waals surface area contributed by atoms with Crippen molar-refractivity contribution >= 4 is 23.2 Å². The summed E-state index contributed by atoms with van der Waals surface area (Å²) in [4.78, 5) is 27.4. The quantitative estimate of drug-likeness (QED) is 0.606. The number of carbonyl (C=O) groups is 2. The molecule has 0 bridgehead atoms. The minimum atomic E-state index is -0.108. The molecule has 0 aliphatic carbocycles. The van der Waals surface area contributed by atoms with Gasteiger partial charge in [-0.3, -0.25) is 9.59 Å². The number of rotatable bonds is 7. The summed E-state index contributed by atoms with van der Waals surface area (Å²) in [7, 11) is 0. The highest BCUT2D eigenvalue weighted by Gasteiger charge is 2.05. The highest BCUT2D eigenvalue weighted by molar-refractivity contribution is 5.94. The third kappa shape index (κ3) is 4.92. The number of anilines is 2. The molecule has 1 aromatic carbocycles. The van der Waals surface area contributed by atoms with Crippen molar-refractivity contribution in [2.45, 2.75) is 26.7 Å². The van der Waals surface area contributed by atoms with E-state index in [1.807, 2.05) is 12.1 Å². The third-order valence-electron chi connectivity index (χ3n) is 3.41. The standard InChI is InChI=1S/C18H21N3O2/c1-3-4-11-19-18(23)15-7-10-17(20-12-15)21-16-8-5-14(6-9-16)13(2)22/h5-10,12H,3-4,11H2,1-2H3,(H,19,23)(H,20,21). The topological polar surface area (TPSA) is 71.1 Å². The zero-order chi connectivity index (χ0) is 16.7. The van der Waals surface area contributed by atoms with E-state index in [4.69, 9.17) is 0 Å². The van der Waals surface area contributed by atoms with Gasteiger partial charge < -0.3 is 10.6 Å². The molecule has 1 amide bonds. The molecule has 0 atom stereocenters. The molecule has 0 spiro atoms. The van der Waals surface area contributed by atoms with Gasteiger partial charge in [0.2, 0.25) is 0 Å². The lowest BCUT2D eigenvalue weighted by molar-refractivity contribution is 0.0951. The molecule has 2 aromatic rings. The van der Waals surface area contributed by atoms with Crippen LogP contribution >= 0.6 is 0 Å². The monoisotopic (exact) mass is 311 g/mol. The minimum absolute atomic E-state index is 0.0353. The van der Waals surface area contributed by atoms with Gasteiger partial charge in [-0.1, -0.05) is 13.3 Å². The Hall–Kier alpha value is -2.69. The lowest BCUT2D eigenvalue weighted by Crippen LogP contribution is -2.24. The van der Waals surface area contributed by atoms with Crippen molar-refractivity contribution in [3.8, 4) is 0 Å². The molecule has 0 aliphatic rings. The van der Waals surface area contributed by atoms with Crippen molar-refractivity contribution in [1.29, 1.82) is 0 Å². The van der Waals surface area contributed by atoms with Crippen LogP contribution in [0.1, 0.15) is 47.4 Å². The van der Waals surface area contributed by atoms with Crippen LogP contribution in [0.15, 0.2) is 42.6 Å². The maximum atomic E-state index is 11.9. The number of nitrogens with one attached hydrogen (secondary N) is 2. The SMILES string of the molecule is CCCCNC(=O)c1ccc(Nc2ccc(C(C)=O)cc2)nc1. The average Bonchev–Trinajstić information content (AvgIpc) is 2.56. The van der Waals surface area contributed by atoms with E-state index in [0.29, 0.717) is 23.5 Å². The molecular formula is C18H21N3O2. The summed E-state index contributed by atoms with van der Waals surface area (Å²) in [6.07, 6.45) is 3.56. The molecule has 0 aliphatic heterocycles. The fraction of sp³-hybridized carbons (Fsp3) is 0.278. The van der Waals surface area contributed by atoms with Gasteiger partial charge in [0.25, 0.3) is 5.91 Å². The molecule has 0 saturated heterocycles. The summed E-state index contributed by atoms with van der Waals surface area (Å²) < 4.78 is 0. The summed E-state index contributed by atoms with van der Waals surface area (Å²) in [6.45, 7) is 4.29. The van der Waals surface area contributed by atoms with Crippen molar-refractivity contribution in [2.24, 2.45) is 0 Å². The molecule has 0 radical (unpaired) electrons. The second-order valence-corrected chi connectivity index (χ2v) is 5.30. The number of aromatic nitrogens is 1. The molecule has 1 aromatic heterocycles. The fourth-order valence-corrected chi connectivity index (χ4v) is 2.02. The number of unbranched alkanes of at least 4 members (excludes halogenated alkanes) is 1. The van der Waals surface area contributed by atoms with Gasteiger partial charge in [-0.2, -0.15) is 0 Å². The number of hydrogen-bond acceptors (Lipinski definition) is 4. The van der Waals surface area contributed by atoms with Crippen LogP contribution in [0.5, 0.6) is 0 Å². The molecule has 120 valence electrons. The number of benzene rings is 1. The Morgan fingerprint density at radius 3 is 2.30 bits per heavy atom. The molecular weight excluding hydrogens is 290 g/mol. The molecule has 2 rings (SSSR count). The van der Waals surface area contributed by atoms with E-state index in [0.717, 1.165) is 18.5 Å². The van der Waals surface area contributed by atoms with E-state index in [2.05, 4.69) is 22.5 Å². The zero-order valence-electron chi connectivity index (χ0n) is 13.4. The molecule has 1 heterocycles. The Balaban J connectivity index is 1.96. The number of Topliss-reactive ketones (excluding diaryl/α,β-unsaturated/α-hetero) is 1. The molecule has 0 saturated carbocycles. The van der Waals surface area contributed by atoms with Crippen LogP contribution in [0.25, 0.3) is 0 Å². The van der Waals surface area contributed by atoms with Gasteiger partial charge in [0, 0.05) is 24.0 Å². The maximum absolute atomic E-state index is 11.9. The average molecular weight is 311 g/mol. The first kappa shape index (κ1) is 16.7. The molecule has 2 N–H and O–H groups in total. The lowest BCUT2D eigenvalue weighted by Gasteiger charge is -2.07. The Morgan fingerprint density at radius 1 is 1.04 bits per heavy atom. The first-order chi connectivity index (χ1) is 11.1. The predicted octanol–water partition coefficient (Wildman–Crippen LogP) is 3.56. The Bertz CT molecular complexity index is 664. The normalized spacial score (nSPS) is 10.2. The van der Waals surface area contributed by atoms with Gasteiger partial charge in [0.1, 0.15) is 5.82 Å². The van der Waals surface area contributed by atoms with E-state index >= 15 is 0 Å².